The second-order valence-corrected chi connectivity index (χ2v) is 8.57. The van der Waals surface area contributed by atoms with Gasteiger partial charge in [-0.3, -0.25) is 19.8 Å². The summed E-state index contributed by atoms with van der Waals surface area (Å²) in [5.41, 5.74) is 0.589. The number of nitrogens with one attached hydrogen (secondary N) is 3. The van der Waals surface area contributed by atoms with Crippen molar-refractivity contribution in [1.82, 2.24) is 5.32 Å². The summed E-state index contributed by atoms with van der Waals surface area (Å²) >= 11 is 0. The van der Waals surface area contributed by atoms with Gasteiger partial charge in [0.25, 0.3) is 0 Å². The number of carbonyl (C=O) groups excluding carboxylic acids is 3. The van der Waals surface area contributed by atoms with Gasteiger partial charge in [0.1, 0.15) is 17.3 Å². The minimum absolute atomic E-state index is 0.0567. The zero-order valence-corrected chi connectivity index (χ0v) is 18.6. The number of carbonyl (C=O) groups is 3. The first-order valence-corrected chi connectivity index (χ1v) is 10.9. The maximum Gasteiger partial charge on any atom is 0.471 e. The van der Waals surface area contributed by atoms with Crippen LogP contribution in [0.25, 0.3) is 0 Å². The molecule has 1 atom stereocenters. The van der Waals surface area contributed by atoms with E-state index in [0.29, 0.717) is 24.0 Å². The molecule has 2 aliphatic carbocycles. The van der Waals surface area contributed by atoms with Gasteiger partial charge in [-0.15, -0.1) is 0 Å². The molecule has 0 spiro atoms. The molecule has 4 rings (SSSR count). The molecule has 0 saturated heterocycles. The Morgan fingerprint density at radius 1 is 1.09 bits per heavy atom. The van der Waals surface area contributed by atoms with Crippen molar-refractivity contribution >= 4 is 28.9 Å². The molecule has 0 heterocycles. The van der Waals surface area contributed by atoms with Crippen LogP contribution in [0.1, 0.15) is 51.5 Å². The molecule has 0 aromatic heterocycles. The number of phenolic OH excluding ortho intramolecular Hbond substituents is 2. The van der Waals surface area contributed by atoms with Gasteiger partial charge >= 0.3 is 12.1 Å². The van der Waals surface area contributed by atoms with E-state index in [4.69, 9.17) is 5.41 Å². The second kappa shape index (κ2) is 8.71. The van der Waals surface area contributed by atoms with E-state index < -0.39 is 17.9 Å². The summed E-state index contributed by atoms with van der Waals surface area (Å²) < 4.78 is 37.1. The van der Waals surface area contributed by atoms with Gasteiger partial charge < -0.3 is 20.8 Å². The number of Topliss-reactive ketones (excluding diaryl/α,β-unsaturated/α-hetero) is 1. The monoisotopic (exact) mass is 489 g/mol. The fraction of sp³-hybridized carbons (Fsp3) is 0.333. The Labute approximate surface area is 197 Å². The molecule has 0 aliphatic heterocycles. The molecular formula is C24H22F3N3O5. The number of amides is 1. The van der Waals surface area contributed by atoms with Crippen molar-refractivity contribution < 1.29 is 37.8 Å². The molecule has 0 saturated carbocycles. The Kier molecular flexibility index (Phi) is 6.04. The topological polar surface area (TPSA) is 140 Å². The summed E-state index contributed by atoms with van der Waals surface area (Å²) in [6, 6.07) is 4.47. The molecule has 0 bridgehead atoms. The summed E-state index contributed by atoms with van der Waals surface area (Å²) in [7, 11) is 0. The second-order valence-electron chi connectivity index (χ2n) is 8.57. The molecule has 11 heteroatoms. The highest BCUT2D eigenvalue weighted by Gasteiger charge is 2.39. The lowest BCUT2D eigenvalue weighted by atomic mass is 9.74. The van der Waals surface area contributed by atoms with E-state index in [1.165, 1.54) is 25.1 Å². The van der Waals surface area contributed by atoms with Crippen LogP contribution in [0.3, 0.4) is 0 Å². The van der Waals surface area contributed by atoms with E-state index in [2.05, 4.69) is 5.32 Å². The molecule has 5 N–H and O–H groups in total. The molecule has 2 aromatic rings. The molecule has 1 amide bonds. The molecule has 2 aromatic carbocycles. The fourth-order valence-corrected chi connectivity index (χ4v) is 4.68. The Morgan fingerprint density at radius 3 is 2.43 bits per heavy atom. The molecule has 35 heavy (non-hydrogen) atoms. The number of ketones is 2. The van der Waals surface area contributed by atoms with Crippen LogP contribution in [-0.2, 0) is 22.4 Å². The van der Waals surface area contributed by atoms with Crippen molar-refractivity contribution in [3.05, 3.63) is 51.6 Å². The summed E-state index contributed by atoms with van der Waals surface area (Å²) in [5, 5.41) is 35.3. The Bertz CT molecular complexity index is 1290. The van der Waals surface area contributed by atoms with Crippen LogP contribution in [0.4, 0.5) is 18.9 Å². The molecule has 0 radical (unpaired) electrons. The van der Waals surface area contributed by atoms with Crippen LogP contribution in [0, 0.1) is 11.3 Å². The number of hydrogen-bond acceptors (Lipinski definition) is 7. The van der Waals surface area contributed by atoms with E-state index in [1.807, 2.05) is 0 Å². The van der Waals surface area contributed by atoms with Crippen LogP contribution in [0.2, 0.25) is 0 Å². The summed E-state index contributed by atoms with van der Waals surface area (Å²) in [6.07, 6.45) is -4.08. The van der Waals surface area contributed by atoms with Gasteiger partial charge in [-0.1, -0.05) is 12.1 Å². The van der Waals surface area contributed by atoms with E-state index in [-0.39, 0.29) is 76.4 Å². The van der Waals surface area contributed by atoms with Crippen molar-refractivity contribution in [2.24, 2.45) is 5.92 Å². The van der Waals surface area contributed by atoms with Crippen molar-refractivity contribution in [3.8, 4) is 11.5 Å². The summed E-state index contributed by atoms with van der Waals surface area (Å²) in [5.74, 6) is -3.76. The number of hydrogen-bond donors (Lipinski definition) is 5. The molecular weight excluding hydrogens is 467 g/mol. The Morgan fingerprint density at radius 2 is 1.77 bits per heavy atom. The molecule has 8 nitrogen and oxygen atoms in total. The zero-order chi connectivity index (χ0) is 25.7. The van der Waals surface area contributed by atoms with Gasteiger partial charge in [-0.25, -0.2) is 0 Å². The quantitative estimate of drug-likeness (QED) is 0.276. The van der Waals surface area contributed by atoms with Crippen LogP contribution in [-0.4, -0.2) is 52.7 Å². The summed E-state index contributed by atoms with van der Waals surface area (Å²) in [4.78, 5) is 36.2. The third kappa shape index (κ3) is 4.11. The number of rotatable bonds is 5. The summed E-state index contributed by atoms with van der Waals surface area (Å²) in [6.45, 7) is 0.961. The number of phenols is 2. The van der Waals surface area contributed by atoms with E-state index >= 15 is 0 Å². The van der Waals surface area contributed by atoms with Gasteiger partial charge in [0, 0.05) is 46.9 Å². The largest absolute Gasteiger partial charge is 0.507 e. The number of anilines is 1. The predicted molar refractivity (Wildman–Crippen MR) is 119 cm³/mol. The third-order valence-corrected chi connectivity index (χ3v) is 6.45. The van der Waals surface area contributed by atoms with Crippen LogP contribution < -0.4 is 10.6 Å². The number of alkyl halides is 3. The Balaban J connectivity index is 1.68. The highest BCUT2D eigenvalue weighted by atomic mass is 19.4. The van der Waals surface area contributed by atoms with E-state index in [0.717, 1.165) is 0 Å². The number of benzene rings is 2. The molecule has 184 valence electrons. The third-order valence-electron chi connectivity index (χ3n) is 6.45. The highest BCUT2D eigenvalue weighted by molar-refractivity contribution is 6.33. The number of halogens is 3. The molecule has 2 aliphatic rings. The number of aromatic hydroxyl groups is 2. The predicted octanol–water partition coefficient (Wildman–Crippen LogP) is 2.84. The van der Waals surface area contributed by atoms with Gasteiger partial charge in [-0.05, 0) is 32.3 Å². The van der Waals surface area contributed by atoms with Crippen LogP contribution in [0.5, 0.6) is 11.5 Å². The van der Waals surface area contributed by atoms with Crippen molar-refractivity contribution in [3.63, 3.8) is 0 Å². The smallest absolute Gasteiger partial charge is 0.471 e. The lowest BCUT2D eigenvalue weighted by Crippen LogP contribution is -2.39. The normalized spacial score (nSPS) is 16.7. The Hall–Kier alpha value is -3.89. The number of fused-ring (bicyclic) bond motifs is 3. The van der Waals surface area contributed by atoms with Crippen molar-refractivity contribution in [1.29, 1.82) is 5.41 Å². The van der Waals surface area contributed by atoms with Crippen LogP contribution in [0.15, 0.2) is 18.2 Å². The van der Waals surface area contributed by atoms with E-state index in [1.54, 1.807) is 5.32 Å². The highest BCUT2D eigenvalue weighted by Crippen LogP contribution is 2.47. The van der Waals surface area contributed by atoms with Gasteiger partial charge in [0.2, 0.25) is 0 Å². The first kappa shape index (κ1) is 24.2. The van der Waals surface area contributed by atoms with Gasteiger partial charge in [0.15, 0.2) is 5.78 Å². The first-order chi connectivity index (χ1) is 16.4. The average Bonchev–Trinajstić information content (AvgIpc) is 2.81. The average molecular weight is 489 g/mol. The van der Waals surface area contributed by atoms with Crippen LogP contribution >= 0.6 is 0 Å². The maximum atomic E-state index is 13.4. The van der Waals surface area contributed by atoms with E-state index in [9.17, 15) is 37.8 Å². The molecule has 0 fully saturated rings. The minimum atomic E-state index is -5.01. The van der Waals surface area contributed by atoms with Crippen molar-refractivity contribution in [2.45, 2.75) is 32.4 Å². The standard InChI is InChI=1S/C24H22F3N3O5/c1-10(31)11-5-6-12-14(9-11)22(34)18-17(20(12)32)19(28)16-13(21(18)33)3-2-4-15(16)29-7-8-30-23(35)24(25,26)27/h2-4,11,28-29,32,34H,5-9H2,1H3,(H,30,35). The lowest BCUT2D eigenvalue weighted by molar-refractivity contribution is -0.173. The SMILES string of the molecule is CC(=O)C1CCc2c(O)c3c(c(O)c2C1)C(=O)c1cccc(NCCNC(=O)C(F)(F)F)c1C3=N. The van der Waals surface area contributed by atoms with Crippen molar-refractivity contribution in [2.75, 3.05) is 18.4 Å². The first-order valence-electron chi connectivity index (χ1n) is 10.9. The zero-order valence-electron chi connectivity index (χ0n) is 18.6. The van der Waals surface area contributed by atoms with Gasteiger partial charge in [-0.2, -0.15) is 13.2 Å². The van der Waals surface area contributed by atoms with Gasteiger partial charge in [0.05, 0.1) is 16.8 Å². The molecule has 1 unspecified atom stereocenters. The fourth-order valence-electron chi connectivity index (χ4n) is 4.68. The minimum Gasteiger partial charge on any atom is -0.507 e. The lowest BCUT2D eigenvalue weighted by Gasteiger charge is -2.30. The maximum absolute atomic E-state index is 13.4.